The van der Waals surface area contributed by atoms with Gasteiger partial charge in [0.1, 0.15) is 4.83 Å². The van der Waals surface area contributed by atoms with E-state index in [0.29, 0.717) is 16.5 Å². The standard InChI is InChI=1S/C15H23N3O2S2/c1-9(2)12-10-6-11(22-14(10)18(4)17-12)13(19)16-7-15(3,20)8-21-5/h6,9,20H,7-8H2,1-5H3,(H,16,19). The number of nitrogens with one attached hydrogen (secondary N) is 1. The molecule has 1 atom stereocenters. The molecule has 0 radical (unpaired) electrons. The predicted octanol–water partition coefficient (Wildman–Crippen LogP) is 2.60. The van der Waals surface area contributed by atoms with Gasteiger partial charge in [-0.25, -0.2) is 0 Å². The van der Waals surface area contributed by atoms with Crippen molar-refractivity contribution in [2.75, 3.05) is 18.6 Å². The minimum Gasteiger partial charge on any atom is -0.387 e. The number of amides is 1. The van der Waals surface area contributed by atoms with E-state index in [-0.39, 0.29) is 12.5 Å². The second-order valence-corrected chi connectivity index (χ2v) is 8.00. The molecule has 2 aromatic rings. The molecule has 22 heavy (non-hydrogen) atoms. The maximum atomic E-state index is 12.3. The van der Waals surface area contributed by atoms with Crippen LogP contribution in [-0.2, 0) is 7.05 Å². The Morgan fingerprint density at radius 1 is 1.59 bits per heavy atom. The van der Waals surface area contributed by atoms with Gasteiger partial charge in [-0.2, -0.15) is 16.9 Å². The van der Waals surface area contributed by atoms with E-state index in [1.54, 1.807) is 18.7 Å². The first-order valence-electron chi connectivity index (χ1n) is 7.21. The third-order valence-corrected chi connectivity index (χ3v) is 5.51. The van der Waals surface area contributed by atoms with Crippen LogP contribution < -0.4 is 5.32 Å². The molecule has 0 aliphatic heterocycles. The van der Waals surface area contributed by atoms with E-state index in [2.05, 4.69) is 24.3 Å². The Balaban J connectivity index is 2.17. The number of fused-ring (bicyclic) bond motifs is 1. The number of nitrogens with zero attached hydrogens (tertiary/aromatic N) is 2. The van der Waals surface area contributed by atoms with Crippen LogP contribution in [0.15, 0.2) is 6.07 Å². The molecule has 0 saturated heterocycles. The Morgan fingerprint density at radius 2 is 2.27 bits per heavy atom. The van der Waals surface area contributed by atoms with E-state index in [9.17, 15) is 9.90 Å². The third-order valence-electron chi connectivity index (χ3n) is 3.40. The zero-order valence-corrected chi connectivity index (χ0v) is 15.3. The molecular weight excluding hydrogens is 318 g/mol. The van der Waals surface area contributed by atoms with E-state index in [4.69, 9.17) is 0 Å². The Morgan fingerprint density at radius 3 is 2.86 bits per heavy atom. The molecule has 7 heteroatoms. The first-order valence-corrected chi connectivity index (χ1v) is 9.42. The maximum absolute atomic E-state index is 12.3. The largest absolute Gasteiger partial charge is 0.387 e. The van der Waals surface area contributed by atoms with Crippen molar-refractivity contribution >= 4 is 39.2 Å². The molecule has 1 amide bonds. The number of aromatic nitrogens is 2. The lowest BCUT2D eigenvalue weighted by Crippen LogP contribution is -2.42. The zero-order valence-electron chi connectivity index (χ0n) is 13.6. The van der Waals surface area contributed by atoms with Crippen LogP contribution in [0.5, 0.6) is 0 Å². The normalized spacial score (nSPS) is 14.5. The van der Waals surface area contributed by atoms with Crippen LogP contribution in [0, 0.1) is 0 Å². The van der Waals surface area contributed by atoms with Crippen LogP contribution in [0.4, 0.5) is 0 Å². The number of hydrogen-bond donors (Lipinski definition) is 2. The summed E-state index contributed by atoms with van der Waals surface area (Å²) in [5.41, 5.74) is 0.123. The summed E-state index contributed by atoms with van der Waals surface area (Å²) in [7, 11) is 1.90. The summed E-state index contributed by atoms with van der Waals surface area (Å²) in [5.74, 6) is 0.759. The van der Waals surface area contributed by atoms with E-state index in [0.717, 1.165) is 15.9 Å². The second-order valence-electron chi connectivity index (χ2n) is 6.11. The summed E-state index contributed by atoms with van der Waals surface area (Å²) in [5, 5.41) is 18.5. The van der Waals surface area contributed by atoms with Gasteiger partial charge in [0.05, 0.1) is 16.2 Å². The Bertz CT molecular complexity index is 674. The highest BCUT2D eigenvalue weighted by Gasteiger charge is 2.23. The average Bonchev–Trinajstić information content (AvgIpc) is 2.97. The van der Waals surface area contributed by atoms with E-state index >= 15 is 0 Å². The SMILES string of the molecule is CSCC(C)(O)CNC(=O)c1cc2c(C(C)C)nn(C)c2s1. The molecule has 0 aliphatic rings. The van der Waals surface area contributed by atoms with Gasteiger partial charge in [0.25, 0.3) is 5.91 Å². The molecule has 0 bridgehead atoms. The van der Waals surface area contributed by atoms with Crippen molar-refractivity contribution in [1.29, 1.82) is 0 Å². The summed E-state index contributed by atoms with van der Waals surface area (Å²) >= 11 is 2.99. The van der Waals surface area contributed by atoms with E-state index in [1.165, 1.54) is 11.3 Å². The van der Waals surface area contributed by atoms with Crippen molar-refractivity contribution < 1.29 is 9.90 Å². The van der Waals surface area contributed by atoms with Crippen LogP contribution in [0.2, 0.25) is 0 Å². The molecule has 5 nitrogen and oxygen atoms in total. The van der Waals surface area contributed by atoms with Crippen LogP contribution in [-0.4, -0.2) is 44.9 Å². The molecule has 0 aromatic carbocycles. The molecular formula is C15H23N3O2S2. The van der Waals surface area contributed by atoms with Crippen LogP contribution in [0.25, 0.3) is 10.2 Å². The maximum Gasteiger partial charge on any atom is 0.261 e. The molecule has 2 rings (SSSR count). The highest BCUT2D eigenvalue weighted by Crippen LogP contribution is 2.31. The van der Waals surface area contributed by atoms with Crippen molar-refractivity contribution in [2.24, 2.45) is 7.05 Å². The number of thioether (sulfide) groups is 1. The van der Waals surface area contributed by atoms with Crippen molar-refractivity contribution in [1.82, 2.24) is 15.1 Å². The topological polar surface area (TPSA) is 67.2 Å². The van der Waals surface area contributed by atoms with Crippen LogP contribution in [0.1, 0.15) is 42.1 Å². The molecule has 2 aromatic heterocycles. The lowest BCUT2D eigenvalue weighted by atomic mass is 10.1. The molecule has 0 spiro atoms. The van der Waals surface area contributed by atoms with Gasteiger partial charge >= 0.3 is 0 Å². The van der Waals surface area contributed by atoms with E-state index < -0.39 is 5.60 Å². The molecule has 0 fully saturated rings. The summed E-state index contributed by atoms with van der Waals surface area (Å²) < 4.78 is 1.83. The molecule has 0 aliphatic carbocycles. The van der Waals surface area contributed by atoms with Crippen LogP contribution in [0.3, 0.4) is 0 Å². The van der Waals surface area contributed by atoms with Gasteiger partial charge < -0.3 is 10.4 Å². The van der Waals surface area contributed by atoms with Crippen LogP contribution >= 0.6 is 23.1 Å². The van der Waals surface area contributed by atoms with Crippen molar-refractivity contribution in [3.63, 3.8) is 0 Å². The first kappa shape index (κ1) is 17.3. The highest BCUT2D eigenvalue weighted by atomic mass is 32.2. The predicted molar refractivity (Wildman–Crippen MR) is 94.0 cm³/mol. The summed E-state index contributed by atoms with van der Waals surface area (Å²) in [4.78, 5) is 14.0. The average molecular weight is 342 g/mol. The van der Waals surface area contributed by atoms with Gasteiger partial charge in [-0.1, -0.05) is 13.8 Å². The van der Waals surface area contributed by atoms with Crippen molar-refractivity contribution in [2.45, 2.75) is 32.3 Å². The summed E-state index contributed by atoms with van der Waals surface area (Å²) in [6, 6.07) is 1.90. The molecule has 122 valence electrons. The Hall–Kier alpha value is -1.05. The van der Waals surface area contributed by atoms with Gasteiger partial charge in [0, 0.05) is 24.7 Å². The number of hydrogen-bond acceptors (Lipinski definition) is 5. The number of carbonyl (C=O) groups is 1. The van der Waals surface area contributed by atoms with Gasteiger partial charge in [-0.15, -0.1) is 11.3 Å². The quantitative estimate of drug-likeness (QED) is 0.847. The summed E-state index contributed by atoms with van der Waals surface area (Å²) in [6.45, 7) is 6.17. The second kappa shape index (κ2) is 6.60. The van der Waals surface area contributed by atoms with Crippen molar-refractivity contribution in [3.8, 4) is 0 Å². The third kappa shape index (κ3) is 3.64. The number of rotatable bonds is 6. The minimum atomic E-state index is -0.892. The van der Waals surface area contributed by atoms with Crippen molar-refractivity contribution in [3.05, 3.63) is 16.6 Å². The fourth-order valence-electron chi connectivity index (χ4n) is 2.32. The minimum absolute atomic E-state index is 0.141. The zero-order chi connectivity index (χ0) is 16.5. The summed E-state index contributed by atoms with van der Waals surface area (Å²) in [6.07, 6.45) is 1.93. The Labute approximate surface area is 139 Å². The molecule has 1 unspecified atom stereocenters. The van der Waals surface area contributed by atoms with E-state index in [1.807, 2.05) is 24.1 Å². The number of carbonyl (C=O) groups excluding carboxylic acids is 1. The fourth-order valence-corrected chi connectivity index (χ4v) is 4.04. The lowest BCUT2D eigenvalue weighted by Gasteiger charge is -2.22. The molecule has 0 saturated carbocycles. The lowest BCUT2D eigenvalue weighted by molar-refractivity contribution is 0.0727. The van der Waals surface area contributed by atoms with Gasteiger partial charge in [-0.3, -0.25) is 9.48 Å². The van der Waals surface area contributed by atoms with Gasteiger partial charge in [-0.05, 0) is 25.2 Å². The Kier molecular flexibility index (Phi) is 5.19. The highest BCUT2D eigenvalue weighted by molar-refractivity contribution is 7.98. The number of aliphatic hydroxyl groups is 1. The first-order chi connectivity index (χ1) is 10.2. The smallest absolute Gasteiger partial charge is 0.261 e. The molecule has 2 heterocycles. The van der Waals surface area contributed by atoms with Gasteiger partial charge in [0.15, 0.2) is 0 Å². The number of thiophene rings is 1. The number of aryl methyl sites for hydroxylation is 1. The molecule has 2 N–H and O–H groups in total. The monoisotopic (exact) mass is 341 g/mol. The van der Waals surface area contributed by atoms with Gasteiger partial charge in [0.2, 0.25) is 0 Å². The fraction of sp³-hybridized carbons (Fsp3) is 0.600.